The van der Waals surface area contributed by atoms with E-state index in [2.05, 4.69) is 25.5 Å². The first-order valence-corrected chi connectivity index (χ1v) is 15.8. The summed E-state index contributed by atoms with van der Waals surface area (Å²) in [5, 5.41) is 8.36. The zero-order valence-corrected chi connectivity index (χ0v) is 25.2. The molecule has 6 rings (SSSR count). The number of fused-ring (bicyclic) bond motifs is 1. The molecule has 11 heteroatoms. The van der Waals surface area contributed by atoms with Crippen LogP contribution >= 0.6 is 11.6 Å². The van der Waals surface area contributed by atoms with E-state index in [1.54, 1.807) is 12.3 Å². The SMILES string of the molecule is O=C(N[C@H]1CCC[C@@H](Nc2ncc(Cl)c(-c3c[nH]c4ccccc34)n2)C1)C1CCN(C(=O)C=CCN2CCOCC2)CC1. The van der Waals surface area contributed by atoms with E-state index in [-0.39, 0.29) is 29.8 Å². The maximum atomic E-state index is 13.2. The highest BCUT2D eigenvalue weighted by Gasteiger charge is 2.30. The Morgan fingerprint density at radius 2 is 1.86 bits per heavy atom. The van der Waals surface area contributed by atoms with Gasteiger partial charge in [-0.1, -0.05) is 35.9 Å². The van der Waals surface area contributed by atoms with Gasteiger partial charge in [-0.25, -0.2) is 9.97 Å². The standard InChI is InChI=1S/C32H40ClN7O3/c33-27-21-35-32(38-30(27)26-20-34-28-8-2-1-7-25(26)28)37-24-6-3-5-23(19-24)36-31(42)22-10-13-40(14-11-22)29(41)9-4-12-39-15-17-43-18-16-39/h1-2,4,7-9,20-24,34H,3,5-6,10-19H2,(H,36,42)(H,35,37,38)/t23-,24+/m0/s1. The number of carbonyl (C=O) groups is 2. The van der Waals surface area contributed by atoms with E-state index in [0.717, 1.165) is 75.0 Å². The van der Waals surface area contributed by atoms with E-state index >= 15 is 0 Å². The molecule has 2 aliphatic heterocycles. The van der Waals surface area contributed by atoms with Crippen LogP contribution < -0.4 is 10.6 Å². The highest BCUT2D eigenvalue weighted by molar-refractivity contribution is 6.33. The van der Waals surface area contributed by atoms with Gasteiger partial charge >= 0.3 is 0 Å². The summed E-state index contributed by atoms with van der Waals surface area (Å²) < 4.78 is 5.37. The summed E-state index contributed by atoms with van der Waals surface area (Å²) in [7, 11) is 0. The maximum Gasteiger partial charge on any atom is 0.246 e. The fourth-order valence-electron chi connectivity index (χ4n) is 6.40. The molecule has 4 heterocycles. The first kappa shape index (κ1) is 29.6. The van der Waals surface area contributed by atoms with Crippen molar-refractivity contribution in [3.63, 3.8) is 0 Å². The minimum atomic E-state index is -0.0620. The lowest BCUT2D eigenvalue weighted by Gasteiger charge is -2.34. The Bertz CT molecular complexity index is 1450. The van der Waals surface area contributed by atoms with Crippen LogP contribution in [0.4, 0.5) is 5.95 Å². The van der Waals surface area contributed by atoms with Crippen LogP contribution in [0.5, 0.6) is 0 Å². The number of aromatic nitrogens is 3. The third-order valence-electron chi connectivity index (χ3n) is 8.85. The molecule has 0 spiro atoms. The van der Waals surface area contributed by atoms with E-state index in [1.807, 2.05) is 41.4 Å². The van der Waals surface area contributed by atoms with Crippen molar-refractivity contribution < 1.29 is 14.3 Å². The number of H-pyrrole nitrogens is 1. The Balaban J connectivity index is 0.978. The Kier molecular flexibility index (Phi) is 9.55. The molecule has 3 aromatic rings. The van der Waals surface area contributed by atoms with Crippen molar-refractivity contribution in [2.45, 2.75) is 50.6 Å². The van der Waals surface area contributed by atoms with E-state index < -0.39 is 0 Å². The largest absolute Gasteiger partial charge is 0.379 e. The van der Waals surface area contributed by atoms with Crippen LogP contribution in [0.25, 0.3) is 22.2 Å². The van der Waals surface area contributed by atoms with Crippen LogP contribution in [0.2, 0.25) is 5.02 Å². The van der Waals surface area contributed by atoms with E-state index in [9.17, 15) is 9.59 Å². The molecule has 0 radical (unpaired) electrons. The summed E-state index contributed by atoms with van der Waals surface area (Å²) in [6.45, 7) is 5.29. The van der Waals surface area contributed by atoms with Crippen LogP contribution in [0.15, 0.2) is 48.8 Å². The van der Waals surface area contributed by atoms with Gasteiger partial charge in [0.2, 0.25) is 17.8 Å². The first-order chi connectivity index (χ1) is 21.0. The number of halogens is 1. The number of benzene rings is 1. The second-order valence-electron chi connectivity index (χ2n) is 11.8. The lowest BCUT2D eigenvalue weighted by molar-refractivity contribution is -0.132. The van der Waals surface area contributed by atoms with Gasteiger partial charge in [0, 0.05) is 79.5 Å². The van der Waals surface area contributed by atoms with E-state index in [0.29, 0.717) is 42.6 Å². The minimum absolute atomic E-state index is 0.0329. The smallest absolute Gasteiger partial charge is 0.246 e. The van der Waals surface area contributed by atoms with Gasteiger partial charge in [0.15, 0.2) is 0 Å². The summed E-state index contributed by atoms with van der Waals surface area (Å²) in [5.74, 6) is 0.612. The van der Waals surface area contributed by atoms with Crippen molar-refractivity contribution in [1.82, 2.24) is 30.1 Å². The quantitative estimate of drug-likeness (QED) is 0.329. The number of nitrogens with one attached hydrogen (secondary N) is 3. The van der Waals surface area contributed by atoms with Crippen LogP contribution in [-0.4, -0.2) is 94.6 Å². The lowest BCUT2D eigenvalue weighted by atomic mass is 9.89. The van der Waals surface area contributed by atoms with Gasteiger partial charge in [0.05, 0.1) is 30.1 Å². The summed E-state index contributed by atoms with van der Waals surface area (Å²) in [5.41, 5.74) is 2.66. The molecule has 1 saturated carbocycles. The number of amides is 2. The topological polar surface area (TPSA) is 115 Å². The number of hydrogen-bond donors (Lipinski definition) is 3. The average molecular weight is 606 g/mol. The molecule has 10 nitrogen and oxygen atoms in total. The van der Waals surface area contributed by atoms with Gasteiger partial charge in [-0.2, -0.15) is 0 Å². The summed E-state index contributed by atoms with van der Waals surface area (Å²) in [4.78, 5) is 42.5. The number of rotatable bonds is 8. The van der Waals surface area contributed by atoms with Crippen molar-refractivity contribution in [2.75, 3.05) is 51.3 Å². The van der Waals surface area contributed by atoms with Gasteiger partial charge in [-0.05, 0) is 44.6 Å². The van der Waals surface area contributed by atoms with E-state index in [1.165, 1.54) is 0 Å². The van der Waals surface area contributed by atoms with Crippen molar-refractivity contribution in [3.8, 4) is 11.3 Å². The summed E-state index contributed by atoms with van der Waals surface area (Å²) >= 11 is 6.52. The fourth-order valence-corrected chi connectivity index (χ4v) is 6.59. The van der Waals surface area contributed by atoms with Crippen LogP contribution in [0.1, 0.15) is 38.5 Å². The van der Waals surface area contributed by atoms with Gasteiger partial charge in [-0.3, -0.25) is 14.5 Å². The molecule has 2 aromatic heterocycles. The Labute approximate surface area is 257 Å². The Hall–Kier alpha value is -3.47. The van der Waals surface area contributed by atoms with Crippen LogP contribution in [-0.2, 0) is 14.3 Å². The number of piperidine rings is 1. The van der Waals surface area contributed by atoms with Gasteiger partial charge in [-0.15, -0.1) is 0 Å². The van der Waals surface area contributed by atoms with Gasteiger partial charge in [0.1, 0.15) is 0 Å². The predicted molar refractivity (Wildman–Crippen MR) is 168 cm³/mol. The monoisotopic (exact) mass is 605 g/mol. The number of anilines is 1. The molecule has 0 bridgehead atoms. The molecule has 2 amide bonds. The number of para-hydroxylation sites is 1. The summed E-state index contributed by atoms with van der Waals surface area (Å²) in [6, 6.07) is 8.32. The molecule has 3 fully saturated rings. The average Bonchev–Trinajstić information content (AvgIpc) is 3.47. The van der Waals surface area contributed by atoms with Gasteiger partial charge < -0.3 is 25.3 Å². The molecule has 0 unspecified atom stereocenters. The molecule has 1 aromatic carbocycles. The molecule has 2 saturated heterocycles. The van der Waals surface area contributed by atoms with Crippen LogP contribution in [0.3, 0.4) is 0 Å². The fraction of sp³-hybridized carbons (Fsp3) is 0.500. The first-order valence-electron chi connectivity index (χ1n) is 15.4. The Morgan fingerprint density at radius 3 is 2.70 bits per heavy atom. The number of hydrogen-bond acceptors (Lipinski definition) is 7. The molecular formula is C32H40ClN7O3. The second kappa shape index (κ2) is 13.9. The van der Waals surface area contributed by atoms with Crippen molar-refractivity contribution in [3.05, 3.63) is 53.8 Å². The molecule has 3 aliphatic rings. The summed E-state index contributed by atoms with van der Waals surface area (Å²) in [6.07, 6.45) is 12.3. The second-order valence-corrected chi connectivity index (χ2v) is 12.2. The van der Waals surface area contributed by atoms with Crippen LogP contribution in [0, 0.1) is 5.92 Å². The normalized spacial score (nSPS) is 22.2. The maximum absolute atomic E-state index is 13.2. The third-order valence-corrected chi connectivity index (χ3v) is 9.12. The zero-order valence-electron chi connectivity index (χ0n) is 24.4. The molecule has 43 heavy (non-hydrogen) atoms. The molecular weight excluding hydrogens is 566 g/mol. The van der Waals surface area contributed by atoms with Crippen molar-refractivity contribution in [1.29, 1.82) is 0 Å². The van der Waals surface area contributed by atoms with Crippen molar-refractivity contribution >= 4 is 40.3 Å². The number of aromatic amines is 1. The number of morpholine rings is 1. The molecule has 1 aliphatic carbocycles. The molecule has 228 valence electrons. The number of nitrogens with zero attached hydrogens (tertiary/aromatic N) is 4. The zero-order chi connectivity index (χ0) is 29.6. The van der Waals surface area contributed by atoms with Gasteiger partial charge in [0.25, 0.3) is 0 Å². The third kappa shape index (κ3) is 7.37. The number of likely N-dealkylation sites (tertiary alicyclic amines) is 1. The highest BCUT2D eigenvalue weighted by Crippen LogP contribution is 2.33. The number of ether oxygens (including phenoxy) is 1. The Morgan fingerprint density at radius 1 is 1.07 bits per heavy atom. The number of carbonyl (C=O) groups excluding carboxylic acids is 2. The van der Waals surface area contributed by atoms with E-state index in [4.69, 9.17) is 21.3 Å². The molecule has 2 atom stereocenters. The predicted octanol–water partition coefficient (Wildman–Crippen LogP) is 4.24. The lowest BCUT2D eigenvalue weighted by Crippen LogP contribution is -2.47. The molecule has 3 N–H and O–H groups in total. The highest BCUT2D eigenvalue weighted by atomic mass is 35.5. The minimum Gasteiger partial charge on any atom is -0.379 e. The van der Waals surface area contributed by atoms with Crippen molar-refractivity contribution in [2.24, 2.45) is 5.92 Å².